The van der Waals surface area contributed by atoms with Gasteiger partial charge in [-0.15, -0.1) is 6.58 Å². The van der Waals surface area contributed by atoms with Crippen LogP contribution in [-0.2, 0) is 6.42 Å². The Balaban J connectivity index is 2.60. The first-order chi connectivity index (χ1) is 9.40. The van der Waals surface area contributed by atoms with Crippen molar-refractivity contribution in [2.45, 2.75) is 46.5 Å². The average molecular weight is 267 g/mol. The molecule has 0 spiro atoms. The van der Waals surface area contributed by atoms with Crippen LogP contribution in [-0.4, -0.2) is 0 Å². The van der Waals surface area contributed by atoms with Crippen LogP contribution in [0.25, 0.3) is 10.8 Å². The number of fused-ring (bicyclic) bond motifs is 1. The first-order valence-corrected chi connectivity index (χ1v) is 7.36. The van der Waals surface area contributed by atoms with E-state index in [-0.39, 0.29) is 0 Å². The number of hydrogen-bond acceptors (Lipinski definition) is 1. The second-order valence-electron chi connectivity index (χ2n) is 6.19. The Hall–Kier alpha value is -1.76. The summed E-state index contributed by atoms with van der Waals surface area (Å²) in [7, 11) is 0. The summed E-state index contributed by atoms with van der Waals surface area (Å²) in [6.45, 7) is 12.7. The average Bonchev–Trinajstić information content (AvgIpc) is 2.35. The Morgan fingerprint density at radius 3 is 2.50 bits per heavy atom. The number of allylic oxidation sites excluding steroid dienone is 1. The monoisotopic (exact) mass is 267 g/mol. The van der Waals surface area contributed by atoms with Crippen molar-refractivity contribution in [3.63, 3.8) is 0 Å². The highest BCUT2D eigenvalue weighted by Crippen LogP contribution is 2.33. The molecule has 0 aliphatic carbocycles. The number of anilines is 1. The van der Waals surface area contributed by atoms with E-state index in [9.17, 15) is 0 Å². The van der Waals surface area contributed by atoms with Gasteiger partial charge in [0.1, 0.15) is 0 Å². The van der Waals surface area contributed by atoms with Gasteiger partial charge in [0.2, 0.25) is 0 Å². The Morgan fingerprint density at radius 1 is 1.20 bits per heavy atom. The third-order valence-electron chi connectivity index (χ3n) is 3.90. The van der Waals surface area contributed by atoms with Crippen LogP contribution >= 0.6 is 0 Å². The summed E-state index contributed by atoms with van der Waals surface area (Å²) >= 11 is 0. The second kappa shape index (κ2) is 5.70. The fraction of sp³-hybridized carbons (Fsp3) is 0.368. The van der Waals surface area contributed by atoms with Gasteiger partial charge in [0.15, 0.2) is 0 Å². The largest absolute Gasteiger partial charge is 0.398 e. The molecule has 106 valence electrons. The Labute approximate surface area is 122 Å². The predicted molar refractivity (Wildman–Crippen MR) is 90.3 cm³/mol. The fourth-order valence-corrected chi connectivity index (χ4v) is 2.88. The molecular weight excluding hydrogens is 242 g/mol. The van der Waals surface area contributed by atoms with Crippen molar-refractivity contribution in [2.75, 3.05) is 5.73 Å². The molecule has 0 atom stereocenters. The zero-order valence-electron chi connectivity index (χ0n) is 13.1. The van der Waals surface area contributed by atoms with Crippen LogP contribution in [0.15, 0.2) is 36.4 Å². The zero-order chi connectivity index (χ0) is 14.9. The second-order valence-corrected chi connectivity index (χ2v) is 6.19. The van der Waals surface area contributed by atoms with E-state index in [2.05, 4.69) is 52.5 Å². The van der Waals surface area contributed by atoms with Gasteiger partial charge in [-0.3, -0.25) is 0 Å². The van der Waals surface area contributed by atoms with E-state index in [1.807, 2.05) is 6.07 Å². The number of rotatable bonds is 4. The predicted octanol–water partition coefficient (Wildman–Crippen LogP) is 5.36. The summed E-state index contributed by atoms with van der Waals surface area (Å²) in [6.07, 6.45) is 2.10. The van der Waals surface area contributed by atoms with Crippen LogP contribution < -0.4 is 5.73 Å². The molecule has 1 nitrogen and oxygen atoms in total. The fourth-order valence-electron chi connectivity index (χ4n) is 2.88. The maximum Gasteiger partial charge on any atom is 0.0355 e. The molecule has 0 saturated heterocycles. The lowest BCUT2D eigenvalue weighted by Crippen LogP contribution is -1.99. The van der Waals surface area contributed by atoms with Crippen molar-refractivity contribution >= 4 is 16.5 Å². The van der Waals surface area contributed by atoms with Gasteiger partial charge in [0.25, 0.3) is 0 Å². The minimum absolute atomic E-state index is 0.439. The lowest BCUT2D eigenvalue weighted by Gasteiger charge is -2.16. The first kappa shape index (κ1) is 14.6. The van der Waals surface area contributed by atoms with E-state index in [1.165, 1.54) is 33.0 Å². The molecular formula is C19H25N. The summed E-state index contributed by atoms with van der Waals surface area (Å²) < 4.78 is 0. The molecule has 2 rings (SSSR count). The highest BCUT2D eigenvalue weighted by molar-refractivity contribution is 5.93. The van der Waals surface area contributed by atoms with Gasteiger partial charge < -0.3 is 5.73 Å². The van der Waals surface area contributed by atoms with Gasteiger partial charge in [0.05, 0.1) is 0 Å². The molecule has 0 radical (unpaired) electrons. The molecule has 0 aromatic heterocycles. The van der Waals surface area contributed by atoms with E-state index in [1.54, 1.807) is 0 Å². The van der Waals surface area contributed by atoms with E-state index in [0.717, 1.165) is 18.5 Å². The van der Waals surface area contributed by atoms with Gasteiger partial charge in [-0.25, -0.2) is 0 Å². The minimum atomic E-state index is 0.439. The Kier molecular flexibility index (Phi) is 4.17. The molecule has 0 fully saturated rings. The third kappa shape index (κ3) is 2.87. The molecule has 0 bridgehead atoms. The van der Waals surface area contributed by atoms with Gasteiger partial charge in [-0.1, -0.05) is 37.6 Å². The molecule has 20 heavy (non-hydrogen) atoms. The van der Waals surface area contributed by atoms with Crippen LogP contribution in [0.3, 0.4) is 0 Å². The summed E-state index contributed by atoms with van der Waals surface area (Å²) in [5, 5.41) is 2.64. The van der Waals surface area contributed by atoms with Crippen molar-refractivity contribution in [3.05, 3.63) is 53.1 Å². The number of hydrogen-bond donors (Lipinski definition) is 1. The third-order valence-corrected chi connectivity index (χ3v) is 3.90. The Bertz CT molecular complexity index is 650. The van der Waals surface area contributed by atoms with Crippen molar-refractivity contribution in [2.24, 2.45) is 0 Å². The quantitative estimate of drug-likeness (QED) is 0.585. The highest BCUT2D eigenvalue weighted by Gasteiger charge is 2.11. The molecule has 0 aliphatic rings. The first-order valence-electron chi connectivity index (χ1n) is 7.36. The van der Waals surface area contributed by atoms with Crippen LogP contribution in [0, 0.1) is 6.92 Å². The highest BCUT2D eigenvalue weighted by atomic mass is 14.6. The summed E-state index contributed by atoms with van der Waals surface area (Å²) in [4.78, 5) is 0. The summed E-state index contributed by atoms with van der Waals surface area (Å²) in [5.41, 5.74) is 12.3. The molecule has 0 saturated carbocycles. The zero-order valence-corrected chi connectivity index (χ0v) is 13.1. The van der Waals surface area contributed by atoms with Crippen molar-refractivity contribution in [3.8, 4) is 0 Å². The SMILES string of the molecule is C=C(C)CCc1cc(C)c2ccc(N)c(C(C)C)c2c1. The summed E-state index contributed by atoms with van der Waals surface area (Å²) in [6, 6.07) is 8.80. The van der Waals surface area contributed by atoms with Gasteiger partial charge in [0, 0.05) is 5.69 Å². The molecule has 0 heterocycles. The molecule has 2 aromatic carbocycles. The van der Waals surface area contributed by atoms with Gasteiger partial charge in [-0.05, 0) is 66.1 Å². The lowest BCUT2D eigenvalue weighted by atomic mass is 9.90. The van der Waals surface area contributed by atoms with Crippen LogP contribution in [0.4, 0.5) is 5.69 Å². The Morgan fingerprint density at radius 2 is 1.90 bits per heavy atom. The van der Waals surface area contributed by atoms with Gasteiger partial charge >= 0.3 is 0 Å². The molecule has 0 unspecified atom stereocenters. The normalized spacial score (nSPS) is 11.2. The molecule has 0 amide bonds. The van der Waals surface area contributed by atoms with Crippen LogP contribution in [0.2, 0.25) is 0 Å². The standard InChI is InChI=1S/C19H25N/c1-12(2)6-7-15-10-14(5)16-8-9-18(20)19(13(3)4)17(16)11-15/h8-11,13H,1,6-7,20H2,2-5H3. The topological polar surface area (TPSA) is 26.0 Å². The minimum Gasteiger partial charge on any atom is -0.398 e. The lowest BCUT2D eigenvalue weighted by molar-refractivity contribution is 0.878. The van der Waals surface area contributed by atoms with E-state index in [0.29, 0.717) is 5.92 Å². The van der Waals surface area contributed by atoms with Crippen LogP contribution in [0.1, 0.15) is 49.8 Å². The van der Waals surface area contributed by atoms with Crippen molar-refractivity contribution < 1.29 is 0 Å². The van der Waals surface area contributed by atoms with E-state index in [4.69, 9.17) is 5.73 Å². The van der Waals surface area contributed by atoms with Crippen molar-refractivity contribution in [1.82, 2.24) is 0 Å². The smallest absolute Gasteiger partial charge is 0.0355 e. The molecule has 2 N–H and O–H groups in total. The van der Waals surface area contributed by atoms with Gasteiger partial charge in [-0.2, -0.15) is 0 Å². The van der Waals surface area contributed by atoms with E-state index < -0.39 is 0 Å². The number of benzene rings is 2. The van der Waals surface area contributed by atoms with Crippen molar-refractivity contribution in [1.29, 1.82) is 0 Å². The molecule has 0 aliphatic heterocycles. The number of nitrogen functional groups attached to an aromatic ring is 1. The maximum atomic E-state index is 6.20. The molecule has 2 aromatic rings. The maximum absolute atomic E-state index is 6.20. The van der Waals surface area contributed by atoms with E-state index >= 15 is 0 Å². The van der Waals surface area contributed by atoms with Crippen LogP contribution in [0.5, 0.6) is 0 Å². The number of aryl methyl sites for hydroxylation is 2. The number of nitrogens with two attached hydrogens (primary N) is 1. The molecule has 1 heteroatoms. The summed E-state index contributed by atoms with van der Waals surface area (Å²) in [5.74, 6) is 0.439.